The van der Waals surface area contributed by atoms with Gasteiger partial charge in [-0.15, -0.1) is 0 Å². The summed E-state index contributed by atoms with van der Waals surface area (Å²) in [4.78, 5) is 2.36. The number of hydrogen-bond acceptors (Lipinski definition) is 3. The van der Waals surface area contributed by atoms with E-state index in [1.54, 1.807) is 0 Å². The topological polar surface area (TPSA) is 43.7 Å². The molecule has 1 aliphatic heterocycles. The van der Waals surface area contributed by atoms with Crippen molar-refractivity contribution in [2.45, 2.75) is 51.0 Å². The number of aliphatic hydroxyl groups excluding tert-OH is 1. The first kappa shape index (κ1) is 13.3. The van der Waals surface area contributed by atoms with E-state index < -0.39 is 5.60 Å². The molecule has 1 saturated heterocycles. The van der Waals surface area contributed by atoms with Gasteiger partial charge in [-0.3, -0.25) is 0 Å². The number of hydrogen-bond donors (Lipinski definition) is 2. The summed E-state index contributed by atoms with van der Waals surface area (Å²) in [5.74, 6) is 1.21. The molecule has 2 N–H and O–H groups in total. The van der Waals surface area contributed by atoms with Gasteiger partial charge < -0.3 is 15.1 Å². The summed E-state index contributed by atoms with van der Waals surface area (Å²) < 4.78 is 0. The van der Waals surface area contributed by atoms with Crippen molar-refractivity contribution in [2.24, 2.45) is 11.8 Å². The van der Waals surface area contributed by atoms with Crippen LogP contribution in [0.1, 0.15) is 45.4 Å². The molecule has 1 atom stereocenters. The van der Waals surface area contributed by atoms with Gasteiger partial charge in [-0.2, -0.15) is 0 Å². The van der Waals surface area contributed by atoms with Gasteiger partial charge in [0.2, 0.25) is 0 Å². The van der Waals surface area contributed by atoms with Gasteiger partial charge in [0.25, 0.3) is 0 Å². The quantitative estimate of drug-likeness (QED) is 0.789. The maximum absolute atomic E-state index is 10.6. The molecule has 1 unspecified atom stereocenters. The smallest absolute Gasteiger partial charge is 0.0774 e. The van der Waals surface area contributed by atoms with Crippen molar-refractivity contribution >= 4 is 0 Å². The van der Waals surface area contributed by atoms with Crippen LogP contribution in [0.3, 0.4) is 0 Å². The Balaban J connectivity index is 1.83. The normalized spacial score (nSPS) is 40.4. The largest absolute Gasteiger partial charge is 0.396 e. The van der Waals surface area contributed by atoms with Crippen molar-refractivity contribution in [3.8, 4) is 0 Å². The van der Waals surface area contributed by atoms with Crippen LogP contribution in [0, 0.1) is 11.8 Å². The summed E-state index contributed by atoms with van der Waals surface area (Å²) in [5, 5.41) is 19.8. The number of likely N-dealkylation sites (tertiary alicyclic amines) is 1. The molecule has 1 aliphatic carbocycles. The van der Waals surface area contributed by atoms with E-state index in [-0.39, 0.29) is 0 Å². The number of aliphatic hydroxyl groups is 2. The predicted molar refractivity (Wildman–Crippen MR) is 68.8 cm³/mol. The Morgan fingerprint density at radius 2 is 1.94 bits per heavy atom. The average molecular weight is 241 g/mol. The zero-order chi connectivity index (χ0) is 12.3. The highest BCUT2D eigenvalue weighted by Gasteiger charge is 2.34. The van der Waals surface area contributed by atoms with Crippen molar-refractivity contribution in [3.63, 3.8) is 0 Å². The Bertz CT molecular complexity index is 236. The molecule has 17 heavy (non-hydrogen) atoms. The molecule has 0 spiro atoms. The predicted octanol–water partition coefficient (Wildman–Crippen LogP) is 1.63. The van der Waals surface area contributed by atoms with Crippen LogP contribution in [0.4, 0.5) is 0 Å². The van der Waals surface area contributed by atoms with Crippen LogP contribution in [-0.4, -0.2) is 47.0 Å². The van der Waals surface area contributed by atoms with Crippen LogP contribution in [0.25, 0.3) is 0 Å². The molecular weight excluding hydrogens is 214 g/mol. The summed E-state index contributed by atoms with van der Waals surface area (Å²) >= 11 is 0. The maximum atomic E-state index is 10.6. The molecule has 0 aromatic rings. The van der Waals surface area contributed by atoms with Crippen LogP contribution < -0.4 is 0 Å². The molecule has 2 aliphatic rings. The molecule has 3 heteroatoms. The number of rotatable bonds is 3. The summed E-state index contributed by atoms with van der Waals surface area (Å²) in [6, 6.07) is 0. The second-order valence-corrected chi connectivity index (χ2v) is 6.33. The fraction of sp³-hybridized carbons (Fsp3) is 1.00. The highest BCUT2D eigenvalue weighted by molar-refractivity contribution is 4.88. The lowest BCUT2D eigenvalue weighted by Crippen LogP contribution is -2.48. The van der Waals surface area contributed by atoms with E-state index >= 15 is 0 Å². The van der Waals surface area contributed by atoms with Crippen molar-refractivity contribution in [2.75, 3.05) is 26.2 Å². The first-order chi connectivity index (χ1) is 8.11. The molecule has 0 bridgehead atoms. The zero-order valence-corrected chi connectivity index (χ0v) is 11.1. The van der Waals surface area contributed by atoms with Gasteiger partial charge in [-0.25, -0.2) is 0 Å². The van der Waals surface area contributed by atoms with Crippen molar-refractivity contribution in [3.05, 3.63) is 0 Å². The molecule has 0 amide bonds. The van der Waals surface area contributed by atoms with E-state index in [1.165, 1.54) is 0 Å². The average Bonchev–Trinajstić information content (AvgIpc) is 2.33. The molecule has 1 saturated carbocycles. The SMILES string of the molecule is CC1CCC(O)(CN2CCCC(CO)C2)CC1. The van der Waals surface area contributed by atoms with Crippen LogP contribution in [0.2, 0.25) is 0 Å². The van der Waals surface area contributed by atoms with Crippen molar-refractivity contribution < 1.29 is 10.2 Å². The minimum absolute atomic E-state index is 0.298. The van der Waals surface area contributed by atoms with E-state index in [4.69, 9.17) is 0 Å². The van der Waals surface area contributed by atoms with Gasteiger partial charge in [0.15, 0.2) is 0 Å². The second kappa shape index (κ2) is 5.68. The van der Waals surface area contributed by atoms with Gasteiger partial charge in [0, 0.05) is 19.7 Å². The number of piperidine rings is 1. The Kier molecular flexibility index (Phi) is 4.45. The summed E-state index contributed by atoms with van der Waals surface area (Å²) in [6.45, 7) is 5.45. The minimum atomic E-state index is -0.455. The lowest BCUT2D eigenvalue weighted by atomic mass is 9.79. The molecule has 2 fully saturated rings. The second-order valence-electron chi connectivity index (χ2n) is 6.33. The van der Waals surface area contributed by atoms with E-state index in [0.29, 0.717) is 12.5 Å². The third kappa shape index (κ3) is 3.67. The van der Waals surface area contributed by atoms with Crippen LogP contribution in [0.5, 0.6) is 0 Å². The summed E-state index contributed by atoms with van der Waals surface area (Å²) in [5.41, 5.74) is -0.455. The zero-order valence-electron chi connectivity index (χ0n) is 11.1. The fourth-order valence-corrected chi connectivity index (χ4v) is 3.32. The van der Waals surface area contributed by atoms with Crippen LogP contribution >= 0.6 is 0 Å². The van der Waals surface area contributed by atoms with Crippen LogP contribution in [-0.2, 0) is 0 Å². The monoisotopic (exact) mass is 241 g/mol. The van der Waals surface area contributed by atoms with Gasteiger partial charge >= 0.3 is 0 Å². The lowest BCUT2D eigenvalue weighted by molar-refractivity contribution is -0.0446. The number of nitrogens with zero attached hydrogens (tertiary/aromatic N) is 1. The van der Waals surface area contributed by atoms with Gasteiger partial charge in [0.1, 0.15) is 0 Å². The molecule has 3 nitrogen and oxygen atoms in total. The third-order valence-electron chi connectivity index (χ3n) is 4.58. The highest BCUT2D eigenvalue weighted by Crippen LogP contribution is 2.33. The molecule has 0 aromatic heterocycles. The lowest BCUT2D eigenvalue weighted by Gasteiger charge is -2.41. The van der Waals surface area contributed by atoms with Gasteiger partial charge in [0.05, 0.1) is 5.60 Å². The molecule has 0 radical (unpaired) electrons. The van der Waals surface area contributed by atoms with Crippen LogP contribution in [0.15, 0.2) is 0 Å². The molecule has 0 aromatic carbocycles. The standard InChI is InChI=1S/C14H27NO2/c1-12-4-6-14(17,7-5-12)11-15-8-2-3-13(9-15)10-16/h12-13,16-17H,2-11H2,1H3. The molecule has 2 rings (SSSR count). The fourth-order valence-electron chi connectivity index (χ4n) is 3.32. The number of β-amino-alcohol motifs (C(OH)–C–C–N with tert-alkyl or cyclic N) is 1. The Hall–Kier alpha value is -0.120. The first-order valence-corrected chi connectivity index (χ1v) is 7.17. The molecular formula is C14H27NO2. The van der Waals surface area contributed by atoms with E-state index in [1.807, 2.05) is 0 Å². The van der Waals surface area contributed by atoms with Crippen molar-refractivity contribution in [1.82, 2.24) is 4.90 Å². The van der Waals surface area contributed by atoms with Gasteiger partial charge in [-0.05, 0) is 56.9 Å². The first-order valence-electron chi connectivity index (χ1n) is 7.17. The molecule has 100 valence electrons. The van der Waals surface area contributed by atoms with Gasteiger partial charge in [-0.1, -0.05) is 6.92 Å². The van der Waals surface area contributed by atoms with E-state index in [2.05, 4.69) is 11.8 Å². The highest BCUT2D eigenvalue weighted by atomic mass is 16.3. The summed E-state index contributed by atoms with van der Waals surface area (Å²) in [7, 11) is 0. The maximum Gasteiger partial charge on any atom is 0.0774 e. The molecule has 1 heterocycles. The Morgan fingerprint density at radius 3 is 2.59 bits per heavy atom. The Morgan fingerprint density at radius 1 is 1.24 bits per heavy atom. The van der Waals surface area contributed by atoms with Crippen molar-refractivity contribution in [1.29, 1.82) is 0 Å². The Labute approximate surface area is 105 Å². The third-order valence-corrected chi connectivity index (χ3v) is 4.58. The van der Waals surface area contributed by atoms with E-state index in [9.17, 15) is 10.2 Å². The summed E-state index contributed by atoms with van der Waals surface area (Å²) in [6.07, 6.45) is 6.53. The van der Waals surface area contributed by atoms with E-state index in [0.717, 1.165) is 64.1 Å². The minimum Gasteiger partial charge on any atom is -0.396 e.